The van der Waals surface area contributed by atoms with Crippen LogP contribution in [0.4, 0.5) is 11.4 Å². The molecule has 0 spiro atoms. The predicted octanol–water partition coefficient (Wildman–Crippen LogP) is 4.41. The van der Waals surface area contributed by atoms with E-state index in [1.807, 2.05) is 32.0 Å². The second-order valence-corrected chi connectivity index (χ2v) is 6.74. The molecular weight excluding hydrogens is 366 g/mol. The molecule has 0 aliphatic carbocycles. The maximum atomic E-state index is 12.7. The lowest BCUT2D eigenvalue weighted by atomic mass is 10.1. The molecule has 3 aromatic rings. The first-order chi connectivity index (χ1) is 13.8. The molecule has 0 radical (unpaired) electrons. The number of hydrogen-bond donors (Lipinski definition) is 2. The molecule has 29 heavy (non-hydrogen) atoms. The van der Waals surface area contributed by atoms with E-state index in [9.17, 15) is 14.4 Å². The van der Waals surface area contributed by atoms with Crippen LogP contribution in [-0.4, -0.2) is 22.6 Å². The van der Waals surface area contributed by atoms with Crippen LogP contribution in [0, 0.1) is 13.8 Å². The van der Waals surface area contributed by atoms with E-state index in [-0.39, 0.29) is 17.4 Å². The van der Waals surface area contributed by atoms with Gasteiger partial charge in [0.05, 0.1) is 0 Å². The Bertz CT molecular complexity index is 1070. The van der Waals surface area contributed by atoms with Crippen molar-refractivity contribution in [2.45, 2.75) is 20.8 Å². The van der Waals surface area contributed by atoms with E-state index >= 15 is 0 Å². The number of Topliss-reactive ketones (excluding diaryl/α,β-unsaturated/α-hetero) is 1. The van der Waals surface area contributed by atoms with E-state index in [1.165, 1.54) is 19.2 Å². The molecule has 2 N–H and O–H groups in total. The maximum Gasteiger partial charge on any atom is 0.274 e. The highest BCUT2D eigenvalue weighted by molar-refractivity contribution is 6.08. The standard InChI is InChI=1S/C23H21N3O3/c1-14-5-4-6-15(2)21(14)26-22(28)18-11-12-24-20(13-18)23(29)25-19-9-7-17(8-10-19)16(3)27/h4-13H,1-3H3,(H,25,29)(H,26,28). The summed E-state index contributed by atoms with van der Waals surface area (Å²) in [5, 5.41) is 5.61. The van der Waals surface area contributed by atoms with Crippen molar-refractivity contribution in [1.29, 1.82) is 0 Å². The molecule has 1 aromatic heterocycles. The van der Waals surface area contributed by atoms with Gasteiger partial charge in [0.1, 0.15) is 5.69 Å². The molecule has 146 valence electrons. The van der Waals surface area contributed by atoms with Gasteiger partial charge in [-0.15, -0.1) is 0 Å². The van der Waals surface area contributed by atoms with Crippen LogP contribution in [0.1, 0.15) is 49.3 Å². The van der Waals surface area contributed by atoms with Gasteiger partial charge < -0.3 is 10.6 Å². The molecule has 6 nitrogen and oxygen atoms in total. The van der Waals surface area contributed by atoms with E-state index in [4.69, 9.17) is 0 Å². The number of nitrogens with one attached hydrogen (secondary N) is 2. The van der Waals surface area contributed by atoms with Crippen LogP contribution >= 0.6 is 0 Å². The average molecular weight is 387 g/mol. The number of nitrogens with zero attached hydrogens (tertiary/aromatic N) is 1. The fourth-order valence-electron chi connectivity index (χ4n) is 2.88. The van der Waals surface area contributed by atoms with Crippen molar-refractivity contribution in [3.63, 3.8) is 0 Å². The Balaban J connectivity index is 1.75. The number of aromatic nitrogens is 1. The highest BCUT2D eigenvalue weighted by atomic mass is 16.2. The minimum Gasteiger partial charge on any atom is -0.322 e. The molecule has 0 aliphatic heterocycles. The van der Waals surface area contributed by atoms with Crippen molar-refractivity contribution >= 4 is 29.0 Å². The third-order valence-electron chi connectivity index (χ3n) is 4.52. The Morgan fingerprint density at radius 1 is 0.793 bits per heavy atom. The summed E-state index contributed by atoms with van der Waals surface area (Å²) in [6, 6.07) is 15.3. The van der Waals surface area contributed by atoms with Crippen LogP contribution in [-0.2, 0) is 0 Å². The highest BCUT2D eigenvalue weighted by Crippen LogP contribution is 2.20. The van der Waals surface area contributed by atoms with Gasteiger partial charge in [-0.2, -0.15) is 0 Å². The lowest BCUT2D eigenvalue weighted by Crippen LogP contribution is -2.17. The van der Waals surface area contributed by atoms with Crippen molar-refractivity contribution in [3.05, 3.63) is 88.7 Å². The smallest absolute Gasteiger partial charge is 0.274 e. The molecule has 0 saturated carbocycles. The van der Waals surface area contributed by atoms with E-state index in [2.05, 4.69) is 15.6 Å². The van der Waals surface area contributed by atoms with Crippen molar-refractivity contribution in [2.75, 3.05) is 10.6 Å². The summed E-state index contributed by atoms with van der Waals surface area (Å²) < 4.78 is 0. The minimum atomic E-state index is -0.442. The molecule has 2 amide bonds. The largest absolute Gasteiger partial charge is 0.322 e. The second-order valence-electron chi connectivity index (χ2n) is 6.74. The summed E-state index contributed by atoms with van der Waals surface area (Å²) in [7, 11) is 0. The summed E-state index contributed by atoms with van der Waals surface area (Å²) in [4.78, 5) is 40.6. The first-order valence-electron chi connectivity index (χ1n) is 9.11. The number of carbonyl (C=O) groups excluding carboxylic acids is 3. The summed E-state index contributed by atoms with van der Waals surface area (Å²) in [6.45, 7) is 5.32. The zero-order valence-electron chi connectivity index (χ0n) is 16.4. The molecule has 0 aliphatic rings. The molecule has 0 saturated heterocycles. The first-order valence-corrected chi connectivity index (χ1v) is 9.11. The molecule has 0 unspecified atom stereocenters. The second kappa shape index (κ2) is 8.48. The van der Waals surface area contributed by atoms with Gasteiger partial charge in [0, 0.05) is 28.7 Å². The van der Waals surface area contributed by atoms with Crippen LogP contribution in [0.25, 0.3) is 0 Å². The van der Waals surface area contributed by atoms with Crippen LogP contribution in [0.5, 0.6) is 0 Å². The number of carbonyl (C=O) groups is 3. The molecule has 0 bridgehead atoms. The van der Waals surface area contributed by atoms with Crippen LogP contribution < -0.4 is 10.6 Å². The van der Waals surface area contributed by atoms with Crippen molar-refractivity contribution in [3.8, 4) is 0 Å². The Hall–Kier alpha value is -3.80. The summed E-state index contributed by atoms with van der Waals surface area (Å²) in [5.74, 6) is -0.806. The van der Waals surface area contributed by atoms with E-state index < -0.39 is 5.91 Å². The van der Waals surface area contributed by atoms with Gasteiger partial charge in [-0.05, 0) is 68.3 Å². The zero-order valence-corrected chi connectivity index (χ0v) is 16.4. The lowest BCUT2D eigenvalue weighted by molar-refractivity contribution is 0.101. The fraction of sp³-hybridized carbons (Fsp3) is 0.130. The topological polar surface area (TPSA) is 88.2 Å². The summed E-state index contributed by atoms with van der Waals surface area (Å²) in [6.07, 6.45) is 1.42. The average Bonchev–Trinajstić information content (AvgIpc) is 2.71. The number of hydrogen-bond acceptors (Lipinski definition) is 4. The van der Waals surface area contributed by atoms with E-state index in [0.29, 0.717) is 16.8 Å². The number of anilines is 2. The summed E-state index contributed by atoms with van der Waals surface area (Å²) >= 11 is 0. The number of para-hydroxylation sites is 1. The SMILES string of the molecule is CC(=O)c1ccc(NC(=O)c2cc(C(=O)Nc3c(C)cccc3C)ccn2)cc1. The maximum absolute atomic E-state index is 12.7. The Kier molecular flexibility index (Phi) is 5.83. The molecular formula is C23H21N3O3. The number of ketones is 1. The van der Waals surface area contributed by atoms with Crippen LogP contribution in [0.15, 0.2) is 60.8 Å². The number of aryl methyl sites for hydroxylation is 2. The molecule has 1 heterocycles. The quantitative estimate of drug-likeness (QED) is 0.635. The molecule has 0 fully saturated rings. The van der Waals surface area contributed by atoms with Crippen LogP contribution in [0.2, 0.25) is 0 Å². The van der Waals surface area contributed by atoms with Gasteiger partial charge in [0.25, 0.3) is 11.8 Å². The van der Waals surface area contributed by atoms with Gasteiger partial charge in [-0.1, -0.05) is 18.2 Å². The third kappa shape index (κ3) is 4.73. The van der Waals surface area contributed by atoms with Gasteiger partial charge in [0.15, 0.2) is 5.78 Å². The number of rotatable bonds is 5. The van der Waals surface area contributed by atoms with Gasteiger partial charge in [0.2, 0.25) is 0 Å². The number of amides is 2. The van der Waals surface area contributed by atoms with Crippen LogP contribution in [0.3, 0.4) is 0 Å². The zero-order chi connectivity index (χ0) is 21.0. The lowest BCUT2D eigenvalue weighted by Gasteiger charge is -2.12. The van der Waals surface area contributed by atoms with Gasteiger partial charge in [-0.25, -0.2) is 0 Å². The molecule has 0 atom stereocenters. The molecule has 6 heteroatoms. The summed E-state index contributed by atoms with van der Waals surface area (Å²) in [5.41, 5.74) is 4.22. The number of pyridine rings is 1. The molecule has 3 rings (SSSR count). The minimum absolute atomic E-state index is 0.0489. The fourth-order valence-corrected chi connectivity index (χ4v) is 2.88. The van der Waals surface area contributed by atoms with E-state index in [1.54, 1.807) is 30.3 Å². The third-order valence-corrected chi connectivity index (χ3v) is 4.52. The number of benzene rings is 2. The Labute approximate surface area is 169 Å². The van der Waals surface area contributed by atoms with Gasteiger partial charge >= 0.3 is 0 Å². The Morgan fingerprint density at radius 2 is 1.45 bits per heavy atom. The van der Waals surface area contributed by atoms with Crippen molar-refractivity contribution in [2.24, 2.45) is 0 Å². The molecule has 2 aromatic carbocycles. The normalized spacial score (nSPS) is 10.3. The monoisotopic (exact) mass is 387 g/mol. The van der Waals surface area contributed by atoms with Gasteiger partial charge in [-0.3, -0.25) is 19.4 Å². The Morgan fingerprint density at radius 3 is 2.07 bits per heavy atom. The van der Waals surface area contributed by atoms with Crippen molar-refractivity contribution in [1.82, 2.24) is 4.98 Å². The van der Waals surface area contributed by atoms with E-state index in [0.717, 1.165) is 16.8 Å². The predicted molar refractivity (Wildman–Crippen MR) is 113 cm³/mol. The highest BCUT2D eigenvalue weighted by Gasteiger charge is 2.14. The van der Waals surface area contributed by atoms with Crippen molar-refractivity contribution < 1.29 is 14.4 Å². The first kappa shape index (κ1) is 19.9.